The fourth-order valence-electron chi connectivity index (χ4n) is 3.51. The topological polar surface area (TPSA) is 51.5 Å². The van der Waals surface area contributed by atoms with Crippen molar-refractivity contribution in [2.24, 2.45) is 0 Å². The lowest BCUT2D eigenvalue weighted by atomic mass is 10.0. The molecular weight excluding hydrogens is 362 g/mol. The molecule has 146 valence electrons. The molecule has 29 heavy (non-hydrogen) atoms. The number of hydrogen-bond acceptors (Lipinski definition) is 2. The molecular formula is C25H23NO3. The van der Waals surface area contributed by atoms with Gasteiger partial charge in [0.05, 0.1) is 11.1 Å². The van der Waals surface area contributed by atoms with Gasteiger partial charge in [0, 0.05) is 23.3 Å². The van der Waals surface area contributed by atoms with Gasteiger partial charge in [0.1, 0.15) is 12.4 Å². The molecule has 0 aliphatic heterocycles. The van der Waals surface area contributed by atoms with Gasteiger partial charge in [-0.25, -0.2) is 4.79 Å². The number of carbonyl (C=O) groups is 1. The summed E-state index contributed by atoms with van der Waals surface area (Å²) in [7, 11) is 0. The summed E-state index contributed by atoms with van der Waals surface area (Å²) in [4.78, 5) is 11.2. The highest BCUT2D eigenvalue weighted by Crippen LogP contribution is 2.31. The molecule has 0 bridgehead atoms. The number of nitrogens with zero attached hydrogens (tertiary/aromatic N) is 1. The second kappa shape index (κ2) is 7.84. The molecule has 3 aromatic carbocycles. The van der Waals surface area contributed by atoms with Crippen LogP contribution >= 0.6 is 0 Å². The van der Waals surface area contributed by atoms with E-state index in [1.165, 1.54) is 0 Å². The lowest BCUT2D eigenvalue weighted by molar-refractivity contribution is 0.0697. The van der Waals surface area contributed by atoms with Crippen molar-refractivity contribution in [1.29, 1.82) is 0 Å². The molecule has 0 atom stereocenters. The van der Waals surface area contributed by atoms with Crippen molar-refractivity contribution in [2.45, 2.75) is 26.4 Å². The van der Waals surface area contributed by atoms with Gasteiger partial charge in [-0.05, 0) is 47.4 Å². The Kier molecular flexibility index (Phi) is 5.09. The Morgan fingerprint density at radius 3 is 2.52 bits per heavy atom. The number of rotatable bonds is 6. The van der Waals surface area contributed by atoms with Crippen molar-refractivity contribution in [2.75, 3.05) is 0 Å². The fourth-order valence-corrected chi connectivity index (χ4v) is 3.51. The van der Waals surface area contributed by atoms with Crippen LogP contribution in [0.2, 0.25) is 0 Å². The van der Waals surface area contributed by atoms with Crippen LogP contribution in [0, 0.1) is 0 Å². The second-order valence-corrected chi connectivity index (χ2v) is 7.42. The maximum atomic E-state index is 11.2. The Bertz CT molecular complexity index is 1160. The summed E-state index contributed by atoms with van der Waals surface area (Å²) in [6.45, 7) is 4.82. The minimum atomic E-state index is -0.919. The first-order valence-corrected chi connectivity index (χ1v) is 9.68. The Labute approximate surface area is 170 Å². The summed E-state index contributed by atoms with van der Waals surface area (Å²) < 4.78 is 8.25. The number of benzene rings is 3. The smallest absolute Gasteiger partial charge is 0.335 e. The van der Waals surface area contributed by atoms with Gasteiger partial charge in [-0.2, -0.15) is 0 Å². The van der Waals surface area contributed by atoms with Crippen LogP contribution in [-0.4, -0.2) is 15.6 Å². The van der Waals surface area contributed by atoms with E-state index in [0.717, 1.165) is 33.5 Å². The summed E-state index contributed by atoms with van der Waals surface area (Å²) in [6.07, 6.45) is 1.96. The van der Waals surface area contributed by atoms with Crippen LogP contribution in [0.4, 0.5) is 0 Å². The van der Waals surface area contributed by atoms with Crippen LogP contribution in [0.5, 0.6) is 5.75 Å². The highest BCUT2D eigenvalue weighted by atomic mass is 16.5. The van der Waals surface area contributed by atoms with Gasteiger partial charge < -0.3 is 14.4 Å². The van der Waals surface area contributed by atoms with Gasteiger partial charge in [0.25, 0.3) is 0 Å². The molecule has 0 saturated carbocycles. The average Bonchev–Trinajstić information content (AvgIpc) is 3.16. The SMILES string of the molecule is CC(C)c1ccc(-n2ccc3cc(C(=O)O)ccc32)cc1OCc1ccccc1. The molecule has 0 radical (unpaired) electrons. The van der Waals surface area contributed by atoms with Gasteiger partial charge >= 0.3 is 5.97 Å². The molecule has 4 heteroatoms. The molecule has 1 N–H and O–H groups in total. The molecule has 0 unspecified atom stereocenters. The fraction of sp³-hybridized carbons (Fsp3) is 0.160. The van der Waals surface area contributed by atoms with Crippen molar-refractivity contribution in [3.8, 4) is 11.4 Å². The van der Waals surface area contributed by atoms with E-state index in [1.807, 2.05) is 36.5 Å². The largest absolute Gasteiger partial charge is 0.489 e. The van der Waals surface area contributed by atoms with Crippen molar-refractivity contribution in [3.05, 3.63) is 95.7 Å². The van der Waals surface area contributed by atoms with E-state index in [2.05, 4.69) is 48.7 Å². The molecule has 4 aromatic rings. The summed E-state index contributed by atoms with van der Waals surface area (Å²) >= 11 is 0. The highest BCUT2D eigenvalue weighted by Gasteiger charge is 2.12. The van der Waals surface area contributed by atoms with Crippen LogP contribution in [0.3, 0.4) is 0 Å². The molecule has 0 aliphatic carbocycles. The molecule has 4 rings (SSSR count). The third kappa shape index (κ3) is 3.87. The molecule has 0 fully saturated rings. The Morgan fingerprint density at radius 1 is 1.00 bits per heavy atom. The molecule has 4 nitrogen and oxygen atoms in total. The van der Waals surface area contributed by atoms with Crippen LogP contribution in [-0.2, 0) is 6.61 Å². The van der Waals surface area contributed by atoms with Crippen molar-refractivity contribution in [3.63, 3.8) is 0 Å². The number of carboxylic acids is 1. The summed E-state index contributed by atoms with van der Waals surface area (Å²) in [5.41, 5.74) is 4.52. The van der Waals surface area contributed by atoms with Crippen LogP contribution in [0.1, 0.15) is 41.3 Å². The van der Waals surface area contributed by atoms with Gasteiger partial charge in [-0.3, -0.25) is 0 Å². The molecule has 0 aliphatic rings. The van der Waals surface area contributed by atoms with Crippen LogP contribution in [0.15, 0.2) is 79.0 Å². The van der Waals surface area contributed by atoms with E-state index in [4.69, 9.17) is 4.74 Å². The lowest BCUT2D eigenvalue weighted by Crippen LogP contribution is -2.02. The van der Waals surface area contributed by atoms with E-state index in [9.17, 15) is 9.90 Å². The van der Waals surface area contributed by atoms with Crippen molar-refractivity contribution in [1.82, 2.24) is 4.57 Å². The molecule has 0 spiro atoms. The van der Waals surface area contributed by atoms with E-state index in [1.54, 1.807) is 12.1 Å². The number of carboxylic acid groups (broad SMARTS) is 1. The molecule has 1 heterocycles. The van der Waals surface area contributed by atoms with Crippen LogP contribution < -0.4 is 4.74 Å². The van der Waals surface area contributed by atoms with Crippen molar-refractivity contribution < 1.29 is 14.6 Å². The van der Waals surface area contributed by atoms with Gasteiger partial charge in [-0.15, -0.1) is 0 Å². The second-order valence-electron chi connectivity index (χ2n) is 7.42. The lowest BCUT2D eigenvalue weighted by Gasteiger charge is -2.16. The van der Waals surface area contributed by atoms with Crippen LogP contribution in [0.25, 0.3) is 16.6 Å². The quantitative estimate of drug-likeness (QED) is 0.441. The predicted octanol–water partition coefficient (Wildman–Crippen LogP) is 6.03. The first-order chi connectivity index (χ1) is 14.0. The van der Waals surface area contributed by atoms with E-state index in [0.29, 0.717) is 12.5 Å². The molecule has 0 saturated heterocycles. The summed E-state index contributed by atoms with van der Waals surface area (Å²) in [5, 5.41) is 10.1. The van der Waals surface area contributed by atoms with Gasteiger partial charge in [0.2, 0.25) is 0 Å². The number of fused-ring (bicyclic) bond motifs is 1. The maximum absolute atomic E-state index is 11.2. The standard InChI is InChI=1S/C25H23NO3/c1-17(2)22-10-9-21(15-24(22)29-16-18-6-4-3-5-7-18)26-13-12-19-14-20(25(27)28)8-11-23(19)26/h3-15,17H,16H2,1-2H3,(H,27,28). The van der Waals surface area contributed by atoms with Gasteiger partial charge in [0.15, 0.2) is 0 Å². The van der Waals surface area contributed by atoms with E-state index in [-0.39, 0.29) is 5.56 Å². The Morgan fingerprint density at radius 2 is 1.79 bits per heavy atom. The maximum Gasteiger partial charge on any atom is 0.335 e. The molecule has 0 amide bonds. The minimum absolute atomic E-state index is 0.289. The first-order valence-electron chi connectivity index (χ1n) is 9.68. The summed E-state index contributed by atoms with van der Waals surface area (Å²) in [6, 6.07) is 23.5. The average molecular weight is 385 g/mol. The first kappa shape index (κ1) is 18.8. The number of aromatic carboxylic acids is 1. The number of hydrogen-bond donors (Lipinski definition) is 1. The zero-order valence-corrected chi connectivity index (χ0v) is 16.5. The Balaban J connectivity index is 1.71. The normalized spacial score (nSPS) is 11.1. The van der Waals surface area contributed by atoms with Crippen molar-refractivity contribution >= 4 is 16.9 Å². The third-order valence-corrected chi connectivity index (χ3v) is 5.07. The highest BCUT2D eigenvalue weighted by molar-refractivity contribution is 5.94. The number of aromatic nitrogens is 1. The zero-order chi connectivity index (χ0) is 20.4. The van der Waals surface area contributed by atoms with Gasteiger partial charge in [-0.1, -0.05) is 50.2 Å². The number of ether oxygens (including phenoxy) is 1. The minimum Gasteiger partial charge on any atom is -0.489 e. The van der Waals surface area contributed by atoms with E-state index < -0.39 is 5.97 Å². The van der Waals surface area contributed by atoms with E-state index >= 15 is 0 Å². The predicted molar refractivity (Wildman–Crippen MR) is 115 cm³/mol. The monoisotopic (exact) mass is 385 g/mol. The summed E-state index contributed by atoms with van der Waals surface area (Å²) in [5.74, 6) is 0.289. The zero-order valence-electron chi connectivity index (χ0n) is 16.5. The molecule has 1 aromatic heterocycles. The Hall–Kier alpha value is -3.53. The third-order valence-electron chi connectivity index (χ3n) is 5.07.